The van der Waals surface area contributed by atoms with Crippen LogP contribution in [0.3, 0.4) is 0 Å². The van der Waals surface area contributed by atoms with Crippen LogP contribution in [0.4, 0.5) is 0 Å². The first-order valence-corrected chi connectivity index (χ1v) is 4.09. The molecule has 1 aliphatic rings. The molecular weight excluding hydrogens is 170 g/mol. The molecule has 0 fully saturated rings. The number of rotatable bonds is 1. The lowest BCUT2D eigenvalue weighted by molar-refractivity contribution is 0.488. The van der Waals surface area contributed by atoms with E-state index >= 15 is 0 Å². The molecule has 0 amide bonds. The third kappa shape index (κ3) is 1.44. The highest BCUT2D eigenvalue weighted by Crippen LogP contribution is 2.05. The van der Waals surface area contributed by atoms with Gasteiger partial charge in [0.15, 0.2) is 0 Å². The fraction of sp³-hybridized carbons (Fsp3) is 0.125. The first-order valence-electron chi connectivity index (χ1n) is 3.69. The zero-order chi connectivity index (χ0) is 8.39. The Morgan fingerprint density at radius 1 is 1.33 bits per heavy atom. The van der Waals surface area contributed by atoms with Crippen LogP contribution in [0.15, 0.2) is 35.3 Å². The molecule has 2 rings (SSSR count). The van der Waals surface area contributed by atoms with Gasteiger partial charge in [0.25, 0.3) is 0 Å². The minimum absolute atomic E-state index is 0.591. The highest BCUT2D eigenvalue weighted by molar-refractivity contribution is 7.77. The van der Waals surface area contributed by atoms with Crippen molar-refractivity contribution in [3.63, 3.8) is 0 Å². The average molecular weight is 179 g/mol. The van der Waals surface area contributed by atoms with Crippen LogP contribution >= 0.6 is 12.8 Å². The number of nitrogens with zero attached hydrogens (tertiary/aromatic N) is 2. The van der Waals surface area contributed by atoms with Crippen molar-refractivity contribution in [2.45, 2.75) is 0 Å². The van der Waals surface area contributed by atoms with Gasteiger partial charge in [-0.25, -0.2) is 4.99 Å². The molecule has 0 bridgehead atoms. The zero-order valence-electron chi connectivity index (χ0n) is 6.44. The van der Waals surface area contributed by atoms with Gasteiger partial charge < -0.3 is 0 Å². The first kappa shape index (κ1) is 7.64. The molecule has 0 aliphatic carbocycles. The van der Waals surface area contributed by atoms with E-state index in [0.29, 0.717) is 6.67 Å². The summed E-state index contributed by atoms with van der Waals surface area (Å²) in [5.74, 6) is 0.880. The van der Waals surface area contributed by atoms with E-state index in [9.17, 15) is 0 Å². The molecular formula is C8H9N3S. The number of benzene rings is 1. The molecule has 3 nitrogen and oxygen atoms in total. The summed E-state index contributed by atoms with van der Waals surface area (Å²) in [6.45, 7) is 0.591. The van der Waals surface area contributed by atoms with E-state index in [-0.39, 0.29) is 0 Å². The number of amidine groups is 1. The fourth-order valence-electron chi connectivity index (χ4n) is 1.08. The molecule has 0 saturated heterocycles. The SMILES string of the molecule is SN1CN=C(c2ccccc2)N1. The molecule has 1 N–H and O–H groups in total. The Kier molecular flexibility index (Phi) is 2.01. The van der Waals surface area contributed by atoms with Crippen molar-refractivity contribution in [1.82, 2.24) is 9.84 Å². The smallest absolute Gasteiger partial charge is 0.145 e. The van der Waals surface area contributed by atoms with Crippen LogP contribution in [0.5, 0.6) is 0 Å². The summed E-state index contributed by atoms with van der Waals surface area (Å²) >= 11 is 4.11. The van der Waals surface area contributed by atoms with Crippen LogP contribution in [-0.2, 0) is 0 Å². The summed E-state index contributed by atoms with van der Waals surface area (Å²) in [5.41, 5.74) is 4.11. The fourth-order valence-corrected chi connectivity index (χ4v) is 1.24. The van der Waals surface area contributed by atoms with Gasteiger partial charge in [-0.15, -0.1) is 4.41 Å². The van der Waals surface area contributed by atoms with Crippen LogP contribution in [-0.4, -0.2) is 16.9 Å². The third-order valence-corrected chi connectivity index (χ3v) is 1.87. The van der Waals surface area contributed by atoms with Crippen molar-refractivity contribution < 1.29 is 0 Å². The second-order valence-electron chi connectivity index (χ2n) is 2.53. The molecule has 1 aliphatic heterocycles. The third-order valence-electron chi connectivity index (χ3n) is 1.64. The zero-order valence-corrected chi connectivity index (χ0v) is 7.33. The van der Waals surface area contributed by atoms with Gasteiger partial charge in [0, 0.05) is 5.56 Å². The van der Waals surface area contributed by atoms with E-state index in [2.05, 4.69) is 23.2 Å². The summed E-state index contributed by atoms with van der Waals surface area (Å²) in [6, 6.07) is 9.98. The normalized spacial score (nSPS) is 17.2. The van der Waals surface area contributed by atoms with Crippen LogP contribution in [0.1, 0.15) is 5.56 Å². The molecule has 0 radical (unpaired) electrons. The predicted molar refractivity (Wildman–Crippen MR) is 51.8 cm³/mol. The van der Waals surface area contributed by atoms with E-state index in [1.54, 1.807) is 4.41 Å². The van der Waals surface area contributed by atoms with Crippen molar-refractivity contribution >= 4 is 18.7 Å². The Bertz CT molecular complexity index is 296. The molecule has 62 valence electrons. The lowest BCUT2D eigenvalue weighted by atomic mass is 10.2. The van der Waals surface area contributed by atoms with Crippen LogP contribution in [0, 0.1) is 0 Å². The summed E-state index contributed by atoms with van der Waals surface area (Å²) in [6.07, 6.45) is 0. The van der Waals surface area contributed by atoms with Gasteiger partial charge in [-0.3, -0.25) is 5.43 Å². The largest absolute Gasteiger partial charge is 0.292 e. The van der Waals surface area contributed by atoms with E-state index in [0.717, 1.165) is 11.4 Å². The van der Waals surface area contributed by atoms with Crippen LogP contribution in [0.2, 0.25) is 0 Å². The standard InChI is InChI=1S/C8H9N3S/c12-11-6-9-8(10-11)7-4-2-1-3-5-7/h1-5,12H,6H2,(H,9,10). The highest BCUT2D eigenvalue weighted by atomic mass is 32.1. The predicted octanol–water partition coefficient (Wildman–Crippen LogP) is 1.06. The van der Waals surface area contributed by atoms with Gasteiger partial charge in [-0.05, 0) is 0 Å². The molecule has 1 aromatic carbocycles. The summed E-state index contributed by atoms with van der Waals surface area (Å²) in [7, 11) is 0. The van der Waals surface area contributed by atoms with Gasteiger partial charge in [0.1, 0.15) is 12.5 Å². The molecule has 0 spiro atoms. The Morgan fingerprint density at radius 3 is 2.67 bits per heavy atom. The van der Waals surface area contributed by atoms with E-state index < -0.39 is 0 Å². The van der Waals surface area contributed by atoms with Gasteiger partial charge in [-0.1, -0.05) is 43.1 Å². The number of hydrogen-bond donors (Lipinski definition) is 2. The van der Waals surface area contributed by atoms with E-state index in [1.807, 2.05) is 30.3 Å². The molecule has 0 aromatic heterocycles. The Labute approximate surface area is 76.6 Å². The highest BCUT2D eigenvalue weighted by Gasteiger charge is 2.11. The van der Waals surface area contributed by atoms with Crippen molar-refractivity contribution in [2.24, 2.45) is 4.99 Å². The lowest BCUT2D eigenvalue weighted by Gasteiger charge is -2.06. The summed E-state index contributed by atoms with van der Waals surface area (Å²) in [4.78, 5) is 4.24. The number of nitrogens with one attached hydrogen (secondary N) is 1. The summed E-state index contributed by atoms with van der Waals surface area (Å²) < 4.78 is 1.64. The minimum Gasteiger partial charge on any atom is -0.292 e. The van der Waals surface area contributed by atoms with Gasteiger partial charge in [-0.2, -0.15) is 0 Å². The molecule has 0 saturated carbocycles. The summed E-state index contributed by atoms with van der Waals surface area (Å²) in [5, 5.41) is 0. The second kappa shape index (κ2) is 3.16. The minimum atomic E-state index is 0.591. The van der Waals surface area contributed by atoms with Crippen molar-refractivity contribution in [2.75, 3.05) is 6.67 Å². The van der Waals surface area contributed by atoms with Crippen molar-refractivity contribution in [1.29, 1.82) is 0 Å². The number of aliphatic imine (C=N–C) groups is 1. The quantitative estimate of drug-likeness (QED) is 0.631. The van der Waals surface area contributed by atoms with E-state index in [1.165, 1.54) is 0 Å². The van der Waals surface area contributed by atoms with Crippen LogP contribution < -0.4 is 5.43 Å². The molecule has 0 unspecified atom stereocenters. The van der Waals surface area contributed by atoms with Crippen molar-refractivity contribution in [3.8, 4) is 0 Å². The number of thiol groups is 1. The number of hydrogen-bond acceptors (Lipinski definition) is 4. The molecule has 12 heavy (non-hydrogen) atoms. The lowest BCUT2D eigenvalue weighted by Crippen LogP contribution is -2.28. The maximum absolute atomic E-state index is 4.24. The topological polar surface area (TPSA) is 27.6 Å². The average Bonchev–Trinajstić information content (AvgIpc) is 2.54. The van der Waals surface area contributed by atoms with Crippen molar-refractivity contribution in [3.05, 3.63) is 35.9 Å². The molecule has 1 aromatic rings. The first-order chi connectivity index (χ1) is 5.86. The molecule has 1 heterocycles. The maximum atomic E-state index is 4.24. The Morgan fingerprint density at radius 2 is 2.08 bits per heavy atom. The Hall–Kier alpha value is -1.00. The van der Waals surface area contributed by atoms with Gasteiger partial charge in [0.05, 0.1) is 0 Å². The Balaban J connectivity index is 2.22. The van der Waals surface area contributed by atoms with Crippen LogP contribution in [0.25, 0.3) is 0 Å². The second-order valence-corrected chi connectivity index (χ2v) is 3.01. The molecule has 0 atom stereocenters. The maximum Gasteiger partial charge on any atom is 0.145 e. The monoisotopic (exact) mass is 179 g/mol. The van der Waals surface area contributed by atoms with Gasteiger partial charge >= 0.3 is 0 Å². The van der Waals surface area contributed by atoms with E-state index in [4.69, 9.17) is 0 Å². The van der Waals surface area contributed by atoms with Gasteiger partial charge in [0.2, 0.25) is 0 Å². The molecule has 4 heteroatoms. The number of hydrazine groups is 1.